The van der Waals surface area contributed by atoms with Crippen LogP contribution < -0.4 is 10.1 Å². The number of nitrogens with one attached hydrogen (secondary N) is 1. The highest BCUT2D eigenvalue weighted by Crippen LogP contribution is 2.09. The molecular formula is C16H19N3O4. The zero-order valence-electron chi connectivity index (χ0n) is 13.1. The second-order valence-electron chi connectivity index (χ2n) is 5.15. The quantitative estimate of drug-likeness (QED) is 0.843. The lowest BCUT2D eigenvalue weighted by Crippen LogP contribution is -2.44. The minimum absolute atomic E-state index is 0.0818. The maximum atomic E-state index is 12.3. The molecule has 0 aliphatic carbocycles. The van der Waals surface area contributed by atoms with Gasteiger partial charge in [0.05, 0.1) is 0 Å². The van der Waals surface area contributed by atoms with Crippen LogP contribution in [0.5, 0.6) is 5.75 Å². The van der Waals surface area contributed by atoms with Gasteiger partial charge >= 0.3 is 0 Å². The molecule has 122 valence electrons. The van der Waals surface area contributed by atoms with Gasteiger partial charge in [0, 0.05) is 12.1 Å². The number of amides is 2. The van der Waals surface area contributed by atoms with Crippen molar-refractivity contribution < 1.29 is 18.8 Å². The van der Waals surface area contributed by atoms with E-state index in [0.29, 0.717) is 11.6 Å². The van der Waals surface area contributed by atoms with Gasteiger partial charge in [0.15, 0.2) is 12.4 Å². The van der Waals surface area contributed by atoms with E-state index in [1.165, 1.54) is 17.2 Å². The number of aromatic nitrogens is 1. The zero-order chi connectivity index (χ0) is 16.7. The minimum atomic E-state index is -0.347. The van der Waals surface area contributed by atoms with Crippen LogP contribution in [-0.4, -0.2) is 41.1 Å². The number of hydrogen-bond donors (Lipinski definition) is 1. The summed E-state index contributed by atoms with van der Waals surface area (Å²) in [5, 5.41) is 6.15. The number of benzene rings is 1. The van der Waals surface area contributed by atoms with Gasteiger partial charge in [0.1, 0.15) is 18.6 Å². The summed E-state index contributed by atoms with van der Waals surface area (Å²) < 4.78 is 10.1. The molecule has 2 aromatic rings. The molecule has 23 heavy (non-hydrogen) atoms. The first kappa shape index (κ1) is 16.5. The average molecular weight is 317 g/mol. The molecule has 0 radical (unpaired) electrons. The number of para-hydroxylation sites is 1. The van der Waals surface area contributed by atoms with E-state index in [4.69, 9.17) is 4.74 Å². The van der Waals surface area contributed by atoms with Crippen LogP contribution in [0.4, 0.5) is 5.82 Å². The van der Waals surface area contributed by atoms with Crippen molar-refractivity contribution in [2.24, 2.45) is 0 Å². The average Bonchev–Trinajstić information content (AvgIpc) is 3.04. The van der Waals surface area contributed by atoms with Crippen molar-refractivity contribution in [1.29, 1.82) is 0 Å². The Hall–Kier alpha value is -2.83. The van der Waals surface area contributed by atoms with Gasteiger partial charge in [-0.05, 0) is 26.0 Å². The Morgan fingerprint density at radius 3 is 2.61 bits per heavy atom. The fraction of sp³-hybridized carbons (Fsp3) is 0.312. The molecule has 1 N–H and O–H groups in total. The second-order valence-corrected chi connectivity index (χ2v) is 5.15. The fourth-order valence-corrected chi connectivity index (χ4v) is 1.92. The Morgan fingerprint density at radius 2 is 2.00 bits per heavy atom. The van der Waals surface area contributed by atoms with E-state index in [0.717, 1.165) is 0 Å². The first-order valence-electron chi connectivity index (χ1n) is 7.24. The molecule has 0 saturated carbocycles. The third-order valence-electron chi connectivity index (χ3n) is 3.07. The third kappa shape index (κ3) is 5.14. The van der Waals surface area contributed by atoms with Crippen LogP contribution in [0.1, 0.15) is 13.8 Å². The lowest BCUT2D eigenvalue weighted by molar-refractivity contribution is -0.138. The molecule has 7 heteroatoms. The Morgan fingerprint density at radius 1 is 1.26 bits per heavy atom. The van der Waals surface area contributed by atoms with Crippen LogP contribution in [-0.2, 0) is 9.59 Å². The predicted octanol–water partition coefficient (Wildman–Crippen LogP) is 1.93. The lowest BCUT2D eigenvalue weighted by atomic mass is 10.3. The van der Waals surface area contributed by atoms with Crippen LogP contribution in [0.3, 0.4) is 0 Å². The predicted molar refractivity (Wildman–Crippen MR) is 83.9 cm³/mol. The number of carbonyl (C=O) groups is 2. The van der Waals surface area contributed by atoms with Crippen molar-refractivity contribution >= 4 is 17.6 Å². The highest BCUT2D eigenvalue weighted by atomic mass is 16.5. The zero-order valence-corrected chi connectivity index (χ0v) is 13.1. The van der Waals surface area contributed by atoms with Crippen molar-refractivity contribution in [3.05, 3.63) is 42.7 Å². The van der Waals surface area contributed by atoms with Crippen molar-refractivity contribution in [3.63, 3.8) is 0 Å². The molecule has 0 aliphatic heterocycles. The summed E-state index contributed by atoms with van der Waals surface area (Å²) in [5.41, 5.74) is 0. The fourth-order valence-electron chi connectivity index (χ4n) is 1.92. The van der Waals surface area contributed by atoms with Crippen LogP contribution >= 0.6 is 0 Å². The molecule has 1 aromatic heterocycles. The van der Waals surface area contributed by atoms with Crippen molar-refractivity contribution in [2.75, 3.05) is 18.5 Å². The van der Waals surface area contributed by atoms with Crippen LogP contribution in [0.15, 0.2) is 47.2 Å². The van der Waals surface area contributed by atoms with Gasteiger partial charge in [0.2, 0.25) is 5.91 Å². The summed E-state index contributed by atoms with van der Waals surface area (Å²) in [4.78, 5) is 25.7. The van der Waals surface area contributed by atoms with Crippen LogP contribution in [0.2, 0.25) is 0 Å². The Bertz CT molecular complexity index is 626. The molecule has 1 heterocycles. The topological polar surface area (TPSA) is 84.7 Å². The molecule has 2 rings (SSSR count). The summed E-state index contributed by atoms with van der Waals surface area (Å²) in [6.07, 6.45) is 1.36. The molecule has 0 atom stereocenters. The molecule has 0 unspecified atom stereocenters. The second kappa shape index (κ2) is 7.98. The smallest absolute Gasteiger partial charge is 0.261 e. The first-order valence-corrected chi connectivity index (χ1v) is 7.24. The normalized spacial score (nSPS) is 10.4. The van der Waals surface area contributed by atoms with E-state index in [9.17, 15) is 9.59 Å². The van der Waals surface area contributed by atoms with Gasteiger partial charge in [-0.25, -0.2) is 0 Å². The molecule has 0 fully saturated rings. The summed E-state index contributed by atoms with van der Waals surface area (Å²) in [6.45, 7) is 3.47. The first-order chi connectivity index (χ1) is 11.1. The number of ether oxygens (including phenoxy) is 1. The molecular weight excluding hydrogens is 298 g/mol. The maximum Gasteiger partial charge on any atom is 0.261 e. The Labute approximate surface area is 134 Å². The molecule has 0 saturated heterocycles. The van der Waals surface area contributed by atoms with Gasteiger partial charge in [-0.2, -0.15) is 0 Å². The largest absolute Gasteiger partial charge is 0.484 e. The summed E-state index contributed by atoms with van der Waals surface area (Å²) in [7, 11) is 0. The monoisotopic (exact) mass is 317 g/mol. The van der Waals surface area contributed by atoms with Crippen molar-refractivity contribution in [2.45, 2.75) is 19.9 Å². The Balaban J connectivity index is 1.89. The van der Waals surface area contributed by atoms with Gasteiger partial charge in [0.25, 0.3) is 5.91 Å². The molecule has 7 nitrogen and oxygen atoms in total. The van der Waals surface area contributed by atoms with Crippen molar-refractivity contribution in [1.82, 2.24) is 10.1 Å². The molecule has 0 spiro atoms. The number of carbonyl (C=O) groups excluding carboxylic acids is 2. The SMILES string of the molecule is CC(C)N(CC(=O)Nc1ccon1)C(=O)COc1ccccc1. The van der Waals surface area contributed by atoms with Crippen LogP contribution in [0, 0.1) is 0 Å². The standard InChI is InChI=1S/C16H19N3O4/c1-12(2)19(10-15(20)17-14-8-9-23-18-14)16(21)11-22-13-6-4-3-5-7-13/h3-9,12H,10-11H2,1-2H3,(H,17,18,20). The molecule has 0 aliphatic rings. The van der Waals surface area contributed by atoms with Gasteiger partial charge in [-0.3, -0.25) is 9.59 Å². The summed E-state index contributed by atoms with van der Waals surface area (Å²) in [5.74, 6) is 0.308. The summed E-state index contributed by atoms with van der Waals surface area (Å²) in [6, 6.07) is 10.4. The van der Waals surface area contributed by atoms with E-state index in [1.54, 1.807) is 12.1 Å². The van der Waals surface area contributed by atoms with Crippen LogP contribution in [0.25, 0.3) is 0 Å². The van der Waals surface area contributed by atoms with E-state index in [1.807, 2.05) is 32.0 Å². The number of rotatable bonds is 7. The number of hydrogen-bond acceptors (Lipinski definition) is 5. The maximum absolute atomic E-state index is 12.3. The van der Waals surface area contributed by atoms with E-state index in [2.05, 4.69) is 15.0 Å². The van der Waals surface area contributed by atoms with E-state index < -0.39 is 0 Å². The molecule has 2 amide bonds. The minimum Gasteiger partial charge on any atom is -0.484 e. The van der Waals surface area contributed by atoms with Gasteiger partial charge in [-0.1, -0.05) is 23.4 Å². The highest BCUT2D eigenvalue weighted by Gasteiger charge is 2.21. The van der Waals surface area contributed by atoms with Gasteiger partial charge < -0.3 is 19.5 Å². The van der Waals surface area contributed by atoms with E-state index >= 15 is 0 Å². The molecule has 1 aromatic carbocycles. The number of anilines is 1. The van der Waals surface area contributed by atoms with Crippen molar-refractivity contribution in [3.8, 4) is 5.75 Å². The number of nitrogens with zero attached hydrogens (tertiary/aromatic N) is 2. The third-order valence-corrected chi connectivity index (χ3v) is 3.07. The van der Waals surface area contributed by atoms with E-state index in [-0.39, 0.29) is 31.0 Å². The summed E-state index contributed by atoms with van der Waals surface area (Å²) >= 11 is 0. The lowest BCUT2D eigenvalue weighted by Gasteiger charge is -2.26. The Kier molecular flexibility index (Phi) is 5.74. The van der Waals surface area contributed by atoms with Gasteiger partial charge in [-0.15, -0.1) is 0 Å². The highest BCUT2D eigenvalue weighted by molar-refractivity contribution is 5.94. The molecule has 0 bridgehead atoms.